The van der Waals surface area contributed by atoms with Crippen molar-refractivity contribution < 1.29 is 13.5 Å². The zero-order valence-electron chi connectivity index (χ0n) is 18.4. The SMILES string of the molecule is COCc1c(F)cnc(N2CC[C@H]([C@H](CC#N)n3cc(-c4ncnc5[nH]ccc45)cn3)C2)c1F. The molecule has 4 aromatic heterocycles. The lowest BCUT2D eigenvalue weighted by Gasteiger charge is -2.23. The molecule has 0 saturated carbocycles. The van der Waals surface area contributed by atoms with E-state index < -0.39 is 11.6 Å². The van der Waals surface area contributed by atoms with E-state index in [1.165, 1.54) is 13.4 Å². The number of aromatic amines is 1. The quantitative estimate of drug-likeness (QED) is 0.445. The van der Waals surface area contributed by atoms with Crippen LogP contribution in [-0.2, 0) is 11.3 Å². The van der Waals surface area contributed by atoms with Gasteiger partial charge >= 0.3 is 0 Å². The minimum absolute atomic E-state index is 0.0298. The topological polar surface area (TPSA) is 109 Å². The van der Waals surface area contributed by atoms with E-state index in [0.717, 1.165) is 34.9 Å². The van der Waals surface area contributed by atoms with E-state index in [2.05, 4.69) is 31.1 Å². The fourth-order valence-electron chi connectivity index (χ4n) is 4.60. The average molecular weight is 464 g/mol. The molecule has 1 aliphatic rings. The third kappa shape index (κ3) is 3.86. The number of H-pyrrole nitrogens is 1. The van der Waals surface area contributed by atoms with Gasteiger partial charge in [0.2, 0.25) is 0 Å². The molecule has 1 fully saturated rings. The third-order valence-corrected chi connectivity index (χ3v) is 6.28. The van der Waals surface area contributed by atoms with E-state index in [-0.39, 0.29) is 36.4 Å². The Balaban J connectivity index is 1.40. The molecule has 0 amide bonds. The second kappa shape index (κ2) is 9.15. The molecule has 5 rings (SSSR count). The first-order chi connectivity index (χ1) is 16.6. The highest BCUT2D eigenvalue weighted by atomic mass is 19.1. The fraction of sp³-hybridized carbons (Fsp3) is 0.348. The van der Waals surface area contributed by atoms with Gasteiger partial charge in [-0.15, -0.1) is 0 Å². The van der Waals surface area contributed by atoms with Gasteiger partial charge in [-0.2, -0.15) is 10.4 Å². The zero-order valence-corrected chi connectivity index (χ0v) is 18.4. The number of hydrogen-bond acceptors (Lipinski definition) is 7. The predicted molar refractivity (Wildman–Crippen MR) is 120 cm³/mol. The summed E-state index contributed by atoms with van der Waals surface area (Å²) < 4.78 is 35.7. The van der Waals surface area contributed by atoms with Crippen molar-refractivity contribution in [3.05, 3.63) is 54.4 Å². The highest BCUT2D eigenvalue weighted by Gasteiger charge is 2.33. The van der Waals surface area contributed by atoms with Crippen LogP contribution in [0.1, 0.15) is 24.4 Å². The van der Waals surface area contributed by atoms with E-state index in [0.29, 0.717) is 13.1 Å². The minimum atomic E-state index is -0.730. The van der Waals surface area contributed by atoms with Gasteiger partial charge in [0.15, 0.2) is 11.6 Å². The monoisotopic (exact) mass is 464 g/mol. The summed E-state index contributed by atoms with van der Waals surface area (Å²) in [5.41, 5.74) is 2.17. The lowest BCUT2D eigenvalue weighted by molar-refractivity contribution is 0.177. The van der Waals surface area contributed by atoms with E-state index in [1.807, 2.05) is 12.3 Å². The first-order valence-corrected chi connectivity index (χ1v) is 10.9. The Morgan fingerprint density at radius 1 is 1.29 bits per heavy atom. The van der Waals surface area contributed by atoms with Crippen LogP contribution in [0.3, 0.4) is 0 Å². The van der Waals surface area contributed by atoms with Gasteiger partial charge in [0, 0.05) is 49.5 Å². The van der Waals surface area contributed by atoms with Crippen LogP contribution < -0.4 is 4.90 Å². The second-order valence-corrected chi connectivity index (χ2v) is 8.25. The summed E-state index contributed by atoms with van der Waals surface area (Å²) in [6, 6.07) is 3.95. The minimum Gasteiger partial charge on any atom is -0.380 e. The Hall–Kier alpha value is -3.91. The van der Waals surface area contributed by atoms with Crippen molar-refractivity contribution in [3.63, 3.8) is 0 Å². The molecule has 2 atom stereocenters. The van der Waals surface area contributed by atoms with Crippen molar-refractivity contribution in [2.24, 2.45) is 5.92 Å². The molecule has 9 nitrogen and oxygen atoms in total. The van der Waals surface area contributed by atoms with Gasteiger partial charge in [-0.1, -0.05) is 0 Å². The van der Waals surface area contributed by atoms with Crippen molar-refractivity contribution in [1.29, 1.82) is 5.26 Å². The maximum Gasteiger partial charge on any atom is 0.174 e. The van der Waals surface area contributed by atoms with Crippen LogP contribution in [0.15, 0.2) is 37.2 Å². The smallest absolute Gasteiger partial charge is 0.174 e. The van der Waals surface area contributed by atoms with Crippen molar-refractivity contribution in [3.8, 4) is 17.3 Å². The number of pyridine rings is 1. The Labute approximate surface area is 194 Å². The summed E-state index contributed by atoms with van der Waals surface area (Å²) >= 11 is 0. The van der Waals surface area contributed by atoms with E-state index in [4.69, 9.17) is 4.74 Å². The molecule has 0 spiro atoms. The molecule has 5 heterocycles. The van der Waals surface area contributed by atoms with Crippen molar-refractivity contribution in [2.75, 3.05) is 25.1 Å². The van der Waals surface area contributed by atoms with Crippen LogP contribution in [0.5, 0.6) is 0 Å². The maximum absolute atomic E-state index is 15.0. The number of methoxy groups -OCH3 is 1. The normalized spacial score (nSPS) is 16.8. The van der Waals surface area contributed by atoms with Gasteiger partial charge in [-0.3, -0.25) is 4.68 Å². The van der Waals surface area contributed by atoms with E-state index >= 15 is 0 Å². The van der Waals surface area contributed by atoms with Crippen LogP contribution >= 0.6 is 0 Å². The number of fused-ring (bicyclic) bond motifs is 1. The first-order valence-electron chi connectivity index (χ1n) is 10.9. The molecule has 0 bridgehead atoms. The van der Waals surface area contributed by atoms with Crippen molar-refractivity contribution in [2.45, 2.75) is 25.5 Å². The molecule has 0 aromatic carbocycles. The van der Waals surface area contributed by atoms with Crippen LogP contribution in [0.2, 0.25) is 0 Å². The molecule has 0 radical (unpaired) electrons. The number of hydrogen-bond donors (Lipinski definition) is 1. The molecule has 34 heavy (non-hydrogen) atoms. The van der Waals surface area contributed by atoms with E-state index in [9.17, 15) is 14.0 Å². The number of anilines is 1. The van der Waals surface area contributed by atoms with Crippen LogP contribution in [0.25, 0.3) is 22.3 Å². The molecule has 1 N–H and O–H groups in total. The average Bonchev–Trinajstić information content (AvgIpc) is 3.60. The molecular weight excluding hydrogens is 442 g/mol. The van der Waals surface area contributed by atoms with Crippen LogP contribution in [0, 0.1) is 28.9 Å². The number of nitrogens with one attached hydrogen (secondary N) is 1. The van der Waals surface area contributed by atoms with Crippen LogP contribution in [-0.4, -0.2) is 49.9 Å². The summed E-state index contributed by atoms with van der Waals surface area (Å²) in [6.45, 7) is 0.840. The number of aromatic nitrogens is 6. The summed E-state index contributed by atoms with van der Waals surface area (Å²) in [7, 11) is 1.39. The Morgan fingerprint density at radius 3 is 3.00 bits per heavy atom. The highest BCUT2D eigenvalue weighted by Crippen LogP contribution is 2.35. The van der Waals surface area contributed by atoms with Crippen LogP contribution in [0.4, 0.5) is 14.6 Å². The molecule has 4 aromatic rings. The van der Waals surface area contributed by atoms with Gasteiger partial charge in [0.05, 0.1) is 48.8 Å². The lowest BCUT2D eigenvalue weighted by Crippen LogP contribution is -2.26. The fourth-order valence-corrected chi connectivity index (χ4v) is 4.60. The van der Waals surface area contributed by atoms with Gasteiger partial charge in [0.25, 0.3) is 0 Å². The van der Waals surface area contributed by atoms with Crippen molar-refractivity contribution in [1.82, 2.24) is 29.7 Å². The molecule has 174 valence electrons. The van der Waals surface area contributed by atoms with Gasteiger partial charge in [-0.25, -0.2) is 23.7 Å². The summed E-state index contributed by atoms with van der Waals surface area (Å²) in [6.07, 6.45) is 8.90. The molecule has 1 aliphatic heterocycles. The molecule has 0 aliphatic carbocycles. The number of ether oxygens (including phenoxy) is 1. The van der Waals surface area contributed by atoms with Gasteiger partial charge in [0.1, 0.15) is 17.8 Å². The molecule has 1 saturated heterocycles. The standard InChI is InChI=1S/C23H22F2N8O/c1-34-12-17-18(24)9-28-23(20(17)25)32-7-4-14(10-32)19(2-5-26)33-11-15(8-31-33)21-16-3-6-27-22(16)30-13-29-21/h3,6,8-9,11,13-14,19H,2,4,7,10,12H2,1H3,(H,27,29,30)/t14-,19-/m0/s1. The summed E-state index contributed by atoms with van der Waals surface area (Å²) in [5.74, 6) is -1.31. The zero-order chi connectivity index (χ0) is 23.7. The predicted octanol–water partition coefficient (Wildman–Crippen LogP) is 3.62. The molecule has 0 unspecified atom stereocenters. The lowest BCUT2D eigenvalue weighted by atomic mass is 9.96. The van der Waals surface area contributed by atoms with Crippen molar-refractivity contribution >= 4 is 16.9 Å². The Bertz CT molecular complexity index is 1360. The first kappa shape index (κ1) is 21.9. The highest BCUT2D eigenvalue weighted by molar-refractivity contribution is 5.89. The molecular formula is C23H22F2N8O. The number of nitrogens with zero attached hydrogens (tertiary/aromatic N) is 7. The second-order valence-electron chi connectivity index (χ2n) is 8.25. The maximum atomic E-state index is 15.0. The number of halogens is 2. The van der Waals surface area contributed by atoms with Gasteiger partial charge < -0.3 is 14.6 Å². The Morgan fingerprint density at radius 2 is 2.18 bits per heavy atom. The summed E-state index contributed by atoms with van der Waals surface area (Å²) in [5, 5.41) is 14.9. The van der Waals surface area contributed by atoms with Gasteiger partial charge in [-0.05, 0) is 12.5 Å². The number of rotatable bonds is 7. The van der Waals surface area contributed by atoms with E-state index in [1.54, 1.807) is 22.0 Å². The number of nitriles is 1. The molecule has 11 heteroatoms. The Kier molecular flexibility index (Phi) is 5.90. The summed E-state index contributed by atoms with van der Waals surface area (Å²) in [4.78, 5) is 17.5. The third-order valence-electron chi connectivity index (χ3n) is 6.28. The largest absolute Gasteiger partial charge is 0.380 e.